The normalized spacial score (nSPS) is 30.5. The molecule has 2 aliphatic rings. The molecule has 1 aromatic carbocycles. The largest absolute Gasteiger partial charge is 0.393 e. The molecule has 1 saturated heterocycles. The van der Waals surface area contributed by atoms with Gasteiger partial charge in [-0.15, -0.1) is 0 Å². The third kappa shape index (κ3) is 3.34. The average molecular weight is 353 g/mol. The van der Waals surface area contributed by atoms with Crippen LogP contribution in [0.4, 0.5) is 0 Å². The molecule has 1 aromatic rings. The molecule has 0 amide bonds. The Morgan fingerprint density at radius 3 is 2.86 bits per heavy atom. The first kappa shape index (κ1) is 15.5. The van der Waals surface area contributed by atoms with Crippen molar-refractivity contribution in [2.45, 2.75) is 31.4 Å². The minimum absolute atomic E-state index is 0.0524. The van der Waals surface area contributed by atoms with Crippen LogP contribution in [-0.2, 0) is 0 Å². The summed E-state index contributed by atoms with van der Waals surface area (Å²) in [5.41, 5.74) is 1.33. The van der Waals surface area contributed by atoms with Crippen LogP contribution in [0.15, 0.2) is 28.7 Å². The van der Waals surface area contributed by atoms with Gasteiger partial charge < -0.3 is 15.3 Å². The average Bonchev–Trinajstić information content (AvgIpc) is 3.04. The van der Waals surface area contributed by atoms with Gasteiger partial charge in [-0.25, -0.2) is 0 Å². The first-order valence-corrected chi connectivity index (χ1v) is 8.80. The summed E-state index contributed by atoms with van der Waals surface area (Å²) in [7, 11) is 2.03. The monoisotopic (exact) mass is 352 g/mol. The molecule has 2 fully saturated rings. The molecule has 21 heavy (non-hydrogen) atoms. The van der Waals surface area contributed by atoms with E-state index in [-0.39, 0.29) is 6.10 Å². The third-order valence-electron chi connectivity index (χ3n) is 5.26. The summed E-state index contributed by atoms with van der Waals surface area (Å²) in [6, 6.07) is 8.83. The van der Waals surface area contributed by atoms with E-state index >= 15 is 0 Å². The maximum Gasteiger partial charge on any atom is 0.0583 e. The van der Waals surface area contributed by atoms with E-state index < -0.39 is 0 Å². The van der Waals surface area contributed by atoms with Gasteiger partial charge >= 0.3 is 0 Å². The van der Waals surface area contributed by atoms with Gasteiger partial charge in [0.2, 0.25) is 0 Å². The van der Waals surface area contributed by atoms with Crippen molar-refractivity contribution in [2.24, 2.45) is 11.8 Å². The molecule has 116 valence electrons. The van der Waals surface area contributed by atoms with Crippen molar-refractivity contribution < 1.29 is 5.11 Å². The van der Waals surface area contributed by atoms with Crippen LogP contribution < -0.4 is 5.32 Å². The highest BCUT2D eigenvalue weighted by atomic mass is 79.9. The summed E-state index contributed by atoms with van der Waals surface area (Å²) in [5.74, 6) is 1.26. The highest BCUT2D eigenvalue weighted by molar-refractivity contribution is 9.10. The molecule has 4 atom stereocenters. The number of benzene rings is 1. The third-order valence-corrected chi connectivity index (χ3v) is 5.98. The van der Waals surface area contributed by atoms with Crippen LogP contribution in [0.5, 0.6) is 0 Å². The molecule has 1 aliphatic heterocycles. The fraction of sp³-hybridized carbons (Fsp3) is 0.647. The maximum atomic E-state index is 10.0. The maximum absolute atomic E-state index is 10.0. The molecule has 4 heteroatoms. The van der Waals surface area contributed by atoms with Gasteiger partial charge in [0.05, 0.1) is 6.10 Å². The predicted octanol–water partition coefficient (Wildman–Crippen LogP) is 2.80. The molecular weight excluding hydrogens is 328 g/mol. The zero-order valence-corrected chi connectivity index (χ0v) is 14.2. The summed E-state index contributed by atoms with van der Waals surface area (Å²) in [6.07, 6.45) is 3.28. The fourth-order valence-corrected chi connectivity index (χ4v) is 4.60. The number of nitrogens with one attached hydrogen (secondary N) is 1. The zero-order chi connectivity index (χ0) is 14.8. The molecule has 0 aromatic heterocycles. The Bertz CT molecular complexity index is 482. The van der Waals surface area contributed by atoms with E-state index in [1.165, 1.54) is 23.0 Å². The lowest BCUT2D eigenvalue weighted by Crippen LogP contribution is -2.29. The molecule has 0 radical (unpaired) electrons. The van der Waals surface area contributed by atoms with Gasteiger partial charge in [-0.1, -0.05) is 34.1 Å². The van der Waals surface area contributed by atoms with E-state index in [1.54, 1.807) is 0 Å². The van der Waals surface area contributed by atoms with Gasteiger partial charge in [-0.3, -0.25) is 0 Å². The van der Waals surface area contributed by atoms with Crippen molar-refractivity contribution in [1.29, 1.82) is 0 Å². The zero-order valence-electron chi connectivity index (χ0n) is 12.6. The van der Waals surface area contributed by atoms with E-state index in [0.717, 1.165) is 31.8 Å². The number of halogens is 1. The highest BCUT2D eigenvalue weighted by Gasteiger charge is 2.41. The standard InChI is InChI=1S/C17H25BrN2O/c1-19-16(13-4-2-3-5-15(13)18)8-9-20-10-12-6-7-17(21)14(12)11-20/h2-5,12,14,16-17,19,21H,6-11H2,1H3. The Morgan fingerprint density at radius 1 is 1.33 bits per heavy atom. The van der Waals surface area contributed by atoms with E-state index in [1.807, 2.05) is 7.05 Å². The van der Waals surface area contributed by atoms with Crippen molar-refractivity contribution in [2.75, 3.05) is 26.7 Å². The van der Waals surface area contributed by atoms with E-state index in [9.17, 15) is 5.11 Å². The number of hydrogen-bond donors (Lipinski definition) is 2. The van der Waals surface area contributed by atoms with Crippen LogP contribution >= 0.6 is 15.9 Å². The molecule has 1 heterocycles. The molecule has 3 rings (SSSR count). The predicted molar refractivity (Wildman–Crippen MR) is 89.2 cm³/mol. The van der Waals surface area contributed by atoms with Crippen molar-refractivity contribution in [3.63, 3.8) is 0 Å². The van der Waals surface area contributed by atoms with Gasteiger partial charge in [0.25, 0.3) is 0 Å². The van der Waals surface area contributed by atoms with Gasteiger partial charge in [0, 0.05) is 29.5 Å². The summed E-state index contributed by atoms with van der Waals surface area (Å²) in [6.45, 7) is 3.36. The van der Waals surface area contributed by atoms with Crippen molar-refractivity contribution in [3.8, 4) is 0 Å². The second-order valence-corrected chi connectivity index (χ2v) is 7.33. The van der Waals surface area contributed by atoms with Crippen LogP contribution in [-0.4, -0.2) is 42.8 Å². The number of aliphatic hydroxyl groups excluding tert-OH is 1. The minimum Gasteiger partial charge on any atom is -0.393 e. The summed E-state index contributed by atoms with van der Waals surface area (Å²) in [4.78, 5) is 2.54. The molecule has 1 aliphatic carbocycles. The highest BCUT2D eigenvalue weighted by Crippen LogP contribution is 2.38. The van der Waals surface area contributed by atoms with E-state index in [2.05, 4.69) is 50.4 Å². The Kier molecular flexibility index (Phi) is 4.99. The van der Waals surface area contributed by atoms with Crippen LogP contribution in [0.3, 0.4) is 0 Å². The Balaban J connectivity index is 1.56. The second kappa shape index (κ2) is 6.78. The smallest absolute Gasteiger partial charge is 0.0583 e. The number of nitrogens with zero attached hydrogens (tertiary/aromatic N) is 1. The minimum atomic E-state index is -0.0524. The SMILES string of the molecule is CNC(CCN1CC2CCC(O)C2C1)c1ccccc1Br. The summed E-state index contributed by atoms with van der Waals surface area (Å²) >= 11 is 3.65. The Hall–Kier alpha value is -0.420. The van der Waals surface area contributed by atoms with Crippen molar-refractivity contribution >= 4 is 15.9 Å². The molecule has 4 unspecified atom stereocenters. The van der Waals surface area contributed by atoms with Crippen LogP contribution in [0.25, 0.3) is 0 Å². The lowest BCUT2D eigenvalue weighted by molar-refractivity contribution is 0.124. The molecule has 0 spiro atoms. The quantitative estimate of drug-likeness (QED) is 0.855. The topological polar surface area (TPSA) is 35.5 Å². The van der Waals surface area contributed by atoms with Crippen LogP contribution in [0, 0.1) is 11.8 Å². The van der Waals surface area contributed by atoms with Crippen LogP contribution in [0.1, 0.15) is 30.9 Å². The summed E-state index contributed by atoms with van der Waals surface area (Å²) < 4.78 is 1.18. The molecule has 2 N–H and O–H groups in total. The number of rotatable bonds is 5. The fourth-order valence-electron chi connectivity index (χ4n) is 4.04. The van der Waals surface area contributed by atoms with E-state index in [0.29, 0.717) is 12.0 Å². The van der Waals surface area contributed by atoms with Gasteiger partial charge in [0.15, 0.2) is 0 Å². The number of aliphatic hydroxyl groups is 1. The van der Waals surface area contributed by atoms with Gasteiger partial charge in [-0.2, -0.15) is 0 Å². The number of fused-ring (bicyclic) bond motifs is 1. The Labute approximate surface area is 135 Å². The number of hydrogen-bond acceptors (Lipinski definition) is 3. The molecule has 1 saturated carbocycles. The molecular formula is C17H25BrN2O. The molecule has 0 bridgehead atoms. The van der Waals surface area contributed by atoms with Crippen LogP contribution in [0.2, 0.25) is 0 Å². The van der Waals surface area contributed by atoms with Gasteiger partial charge in [0.1, 0.15) is 0 Å². The second-order valence-electron chi connectivity index (χ2n) is 6.48. The van der Waals surface area contributed by atoms with Gasteiger partial charge in [-0.05, 0) is 50.4 Å². The first-order valence-electron chi connectivity index (χ1n) is 8.01. The lowest BCUT2D eigenvalue weighted by Gasteiger charge is -2.23. The first-order chi connectivity index (χ1) is 10.2. The number of likely N-dealkylation sites (tertiary alicyclic amines) is 1. The van der Waals surface area contributed by atoms with E-state index in [4.69, 9.17) is 0 Å². The summed E-state index contributed by atoms with van der Waals surface area (Å²) in [5, 5.41) is 13.4. The lowest BCUT2D eigenvalue weighted by atomic mass is 10.00. The van der Waals surface area contributed by atoms with Crippen molar-refractivity contribution in [3.05, 3.63) is 34.3 Å². The molecule has 3 nitrogen and oxygen atoms in total. The Morgan fingerprint density at radius 2 is 2.14 bits per heavy atom. The van der Waals surface area contributed by atoms with Crippen molar-refractivity contribution in [1.82, 2.24) is 10.2 Å².